The lowest BCUT2D eigenvalue weighted by atomic mass is 10.2. The maximum Gasteiger partial charge on any atom is 0.283 e. The van der Waals surface area contributed by atoms with Crippen LogP contribution in [0.4, 0.5) is 5.69 Å². The number of halogens is 1. The Labute approximate surface area is 108 Å². The zero-order valence-corrected chi connectivity index (χ0v) is 11.1. The van der Waals surface area contributed by atoms with Crippen LogP contribution < -0.4 is 5.32 Å². The SMILES string of the molecule is CC(O)CCNCc1ccc(Br)c([N+](=O)[O-])c1. The molecule has 0 spiro atoms. The molecule has 1 aromatic rings. The summed E-state index contributed by atoms with van der Waals surface area (Å²) in [6.45, 7) is 2.97. The fourth-order valence-corrected chi connectivity index (χ4v) is 1.74. The molecule has 0 aromatic heterocycles. The highest BCUT2D eigenvalue weighted by atomic mass is 79.9. The largest absolute Gasteiger partial charge is 0.393 e. The Kier molecular flexibility index (Phi) is 5.54. The van der Waals surface area contributed by atoms with Gasteiger partial charge in [-0.3, -0.25) is 10.1 Å². The van der Waals surface area contributed by atoms with Gasteiger partial charge in [0.15, 0.2) is 0 Å². The van der Waals surface area contributed by atoms with E-state index in [1.165, 1.54) is 0 Å². The Bertz CT molecular complexity index is 396. The average Bonchev–Trinajstić information content (AvgIpc) is 2.25. The van der Waals surface area contributed by atoms with Crippen molar-refractivity contribution < 1.29 is 10.0 Å². The van der Waals surface area contributed by atoms with E-state index in [1.807, 2.05) is 6.07 Å². The molecule has 6 heteroatoms. The van der Waals surface area contributed by atoms with Crippen molar-refractivity contribution in [2.24, 2.45) is 0 Å². The van der Waals surface area contributed by atoms with Crippen molar-refractivity contribution in [3.8, 4) is 0 Å². The number of benzene rings is 1. The molecule has 0 aliphatic carbocycles. The topological polar surface area (TPSA) is 75.4 Å². The monoisotopic (exact) mass is 302 g/mol. The van der Waals surface area contributed by atoms with Crippen LogP contribution in [0, 0.1) is 10.1 Å². The minimum Gasteiger partial charge on any atom is -0.393 e. The van der Waals surface area contributed by atoms with E-state index in [2.05, 4.69) is 21.2 Å². The molecule has 94 valence electrons. The predicted octanol–water partition coefficient (Wildman–Crippen LogP) is 2.22. The fourth-order valence-electron chi connectivity index (χ4n) is 1.35. The minimum atomic E-state index is -0.413. The zero-order valence-electron chi connectivity index (χ0n) is 9.52. The number of aliphatic hydroxyl groups is 1. The summed E-state index contributed by atoms with van der Waals surface area (Å²) in [7, 11) is 0. The molecule has 1 aromatic carbocycles. The zero-order chi connectivity index (χ0) is 12.8. The van der Waals surface area contributed by atoms with E-state index in [0.29, 0.717) is 24.0 Å². The lowest BCUT2D eigenvalue weighted by Crippen LogP contribution is -2.18. The molecule has 0 amide bonds. The highest BCUT2D eigenvalue weighted by Gasteiger charge is 2.11. The van der Waals surface area contributed by atoms with E-state index in [1.54, 1.807) is 19.1 Å². The van der Waals surface area contributed by atoms with Crippen molar-refractivity contribution in [3.05, 3.63) is 38.3 Å². The lowest BCUT2D eigenvalue weighted by Gasteiger charge is -2.06. The van der Waals surface area contributed by atoms with Crippen LogP contribution in [0.15, 0.2) is 22.7 Å². The van der Waals surface area contributed by atoms with Crippen molar-refractivity contribution in [2.75, 3.05) is 6.54 Å². The van der Waals surface area contributed by atoms with Gasteiger partial charge in [0.25, 0.3) is 5.69 Å². The first-order valence-electron chi connectivity index (χ1n) is 5.32. The third-order valence-corrected chi connectivity index (χ3v) is 2.95. The van der Waals surface area contributed by atoms with Gasteiger partial charge in [0.1, 0.15) is 0 Å². The van der Waals surface area contributed by atoms with Gasteiger partial charge in [-0.1, -0.05) is 6.07 Å². The van der Waals surface area contributed by atoms with Crippen molar-refractivity contribution in [3.63, 3.8) is 0 Å². The maximum atomic E-state index is 10.7. The molecule has 0 aliphatic rings. The molecule has 1 unspecified atom stereocenters. The Morgan fingerprint density at radius 3 is 2.88 bits per heavy atom. The van der Waals surface area contributed by atoms with Crippen LogP contribution in [0.3, 0.4) is 0 Å². The highest BCUT2D eigenvalue weighted by Crippen LogP contribution is 2.25. The quantitative estimate of drug-likeness (QED) is 0.480. The van der Waals surface area contributed by atoms with Gasteiger partial charge < -0.3 is 10.4 Å². The Morgan fingerprint density at radius 1 is 1.59 bits per heavy atom. The van der Waals surface area contributed by atoms with E-state index >= 15 is 0 Å². The van der Waals surface area contributed by atoms with Gasteiger partial charge in [0, 0.05) is 12.6 Å². The van der Waals surface area contributed by atoms with Crippen LogP contribution in [-0.2, 0) is 6.54 Å². The third kappa shape index (κ3) is 4.80. The maximum absolute atomic E-state index is 10.7. The van der Waals surface area contributed by atoms with E-state index in [9.17, 15) is 10.1 Å². The van der Waals surface area contributed by atoms with Gasteiger partial charge in [-0.15, -0.1) is 0 Å². The summed E-state index contributed by atoms with van der Waals surface area (Å²) in [4.78, 5) is 10.3. The van der Waals surface area contributed by atoms with Crippen LogP contribution in [-0.4, -0.2) is 22.7 Å². The standard InChI is InChI=1S/C11H15BrN2O3/c1-8(15)4-5-13-7-9-2-3-10(12)11(6-9)14(16)17/h2-3,6,8,13,15H,4-5,7H2,1H3. The summed E-state index contributed by atoms with van der Waals surface area (Å²) < 4.78 is 0.482. The summed E-state index contributed by atoms with van der Waals surface area (Å²) in [5.74, 6) is 0. The number of nitrogens with one attached hydrogen (secondary N) is 1. The third-order valence-electron chi connectivity index (χ3n) is 2.28. The number of rotatable bonds is 6. The number of nitro groups is 1. The molecule has 17 heavy (non-hydrogen) atoms. The first-order chi connectivity index (χ1) is 8.00. The number of hydrogen-bond acceptors (Lipinski definition) is 4. The average molecular weight is 303 g/mol. The van der Waals surface area contributed by atoms with Crippen LogP contribution in [0.2, 0.25) is 0 Å². The van der Waals surface area contributed by atoms with E-state index in [-0.39, 0.29) is 11.8 Å². The summed E-state index contributed by atoms with van der Waals surface area (Å²) >= 11 is 3.14. The normalized spacial score (nSPS) is 12.4. The molecule has 0 saturated heterocycles. The molecule has 0 saturated carbocycles. The molecule has 0 heterocycles. The van der Waals surface area contributed by atoms with Gasteiger partial charge in [0.2, 0.25) is 0 Å². The second kappa shape index (κ2) is 6.68. The molecule has 0 radical (unpaired) electrons. The first kappa shape index (κ1) is 14.1. The van der Waals surface area contributed by atoms with Gasteiger partial charge in [-0.2, -0.15) is 0 Å². The summed E-state index contributed by atoms with van der Waals surface area (Å²) in [5, 5.41) is 22.9. The first-order valence-corrected chi connectivity index (χ1v) is 6.11. The second-order valence-electron chi connectivity index (χ2n) is 3.86. The lowest BCUT2D eigenvalue weighted by molar-refractivity contribution is -0.385. The Hall–Kier alpha value is -0.980. The van der Waals surface area contributed by atoms with Crippen molar-refractivity contribution in [2.45, 2.75) is 26.0 Å². The van der Waals surface area contributed by atoms with Gasteiger partial charge >= 0.3 is 0 Å². The number of nitro benzene ring substituents is 1. The van der Waals surface area contributed by atoms with Crippen LogP contribution in [0.1, 0.15) is 18.9 Å². The van der Waals surface area contributed by atoms with Crippen LogP contribution in [0.25, 0.3) is 0 Å². The summed E-state index contributed by atoms with van der Waals surface area (Å²) in [5.41, 5.74) is 0.922. The summed E-state index contributed by atoms with van der Waals surface area (Å²) in [6, 6.07) is 5.04. The molecular weight excluding hydrogens is 288 g/mol. The van der Waals surface area contributed by atoms with Crippen molar-refractivity contribution >= 4 is 21.6 Å². The Balaban J connectivity index is 2.54. The molecule has 0 fully saturated rings. The van der Waals surface area contributed by atoms with E-state index in [0.717, 1.165) is 5.56 Å². The van der Waals surface area contributed by atoms with Gasteiger partial charge in [-0.05, 0) is 47.4 Å². The van der Waals surface area contributed by atoms with E-state index in [4.69, 9.17) is 5.11 Å². The van der Waals surface area contributed by atoms with Crippen LogP contribution >= 0.6 is 15.9 Å². The molecule has 2 N–H and O–H groups in total. The molecule has 1 rings (SSSR count). The van der Waals surface area contributed by atoms with Crippen LogP contribution in [0.5, 0.6) is 0 Å². The Morgan fingerprint density at radius 2 is 2.29 bits per heavy atom. The number of nitrogens with zero attached hydrogens (tertiary/aromatic N) is 1. The van der Waals surface area contributed by atoms with Gasteiger partial charge in [0.05, 0.1) is 15.5 Å². The minimum absolute atomic E-state index is 0.0693. The van der Waals surface area contributed by atoms with Gasteiger partial charge in [-0.25, -0.2) is 0 Å². The molecule has 5 nitrogen and oxygen atoms in total. The fraction of sp³-hybridized carbons (Fsp3) is 0.455. The van der Waals surface area contributed by atoms with E-state index < -0.39 is 4.92 Å². The van der Waals surface area contributed by atoms with Crippen molar-refractivity contribution in [1.82, 2.24) is 5.32 Å². The molecule has 0 bridgehead atoms. The number of hydrogen-bond donors (Lipinski definition) is 2. The summed E-state index contributed by atoms with van der Waals surface area (Å²) in [6.07, 6.45) is 0.334. The molecule has 0 aliphatic heterocycles. The second-order valence-corrected chi connectivity index (χ2v) is 4.71. The predicted molar refractivity (Wildman–Crippen MR) is 68.8 cm³/mol. The molecule has 1 atom stereocenters. The van der Waals surface area contributed by atoms with Crippen molar-refractivity contribution in [1.29, 1.82) is 0 Å². The molecular formula is C11H15BrN2O3. The number of aliphatic hydroxyl groups excluding tert-OH is 1. The smallest absolute Gasteiger partial charge is 0.283 e. The highest BCUT2D eigenvalue weighted by molar-refractivity contribution is 9.10.